The van der Waals surface area contributed by atoms with Crippen molar-refractivity contribution in [2.75, 3.05) is 11.9 Å². The third-order valence-corrected chi connectivity index (χ3v) is 5.64. The van der Waals surface area contributed by atoms with E-state index in [0.29, 0.717) is 29.0 Å². The summed E-state index contributed by atoms with van der Waals surface area (Å²) in [5.74, 6) is -0.461. The van der Waals surface area contributed by atoms with Crippen LogP contribution in [0.4, 0.5) is 10.1 Å². The van der Waals surface area contributed by atoms with Gasteiger partial charge in [0.15, 0.2) is 0 Å². The van der Waals surface area contributed by atoms with Crippen LogP contribution in [0.1, 0.15) is 21.5 Å². The number of carbonyl (C=O) groups excluding carboxylic acids is 2. The molecule has 0 spiro atoms. The van der Waals surface area contributed by atoms with Gasteiger partial charge in [0.05, 0.1) is 5.92 Å². The minimum absolute atomic E-state index is 0.123. The fourth-order valence-corrected chi connectivity index (χ4v) is 3.68. The first-order valence-electron chi connectivity index (χ1n) is 9.83. The number of carbonyl (C=O) groups is 2. The van der Waals surface area contributed by atoms with Crippen molar-refractivity contribution in [1.29, 1.82) is 0 Å². The van der Waals surface area contributed by atoms with Gasteiger partial charge in [-0.15, -0.1) is 0 Å². The highest BCUT2D eigenvalue weighted by molar-refractivity contribution is 9.10. The normalized spacial score (nSPS) is 14.8. The van der Waals surface area contributed by atoms with Gasteiger partial charge >= 0.3 is 0 Å². The average Bonchev–Trinajstić information content (AvgIpc) is 2.78. The number of ether oxygens (including phenoxy) is 1. The number of benzene rings is 3. The van der Waals surface area contributed by atoms with Gasteiger partial charge in [0.25, 0.3) is 5.91 Å². The van der Waals surface area contributed by atoms with E-state index in [1.165, 1.54) is 6.07 Å². The molecule has 31 heavy (non-hydrogen) atoms. The first kappa shape index (κ1) is 21.1. The molecule has 0 saturated heterocycles. The fraction of sp³-hybridized carbons (Fsp3) is 0.167. The maximum Gasteiger partial charge on any atom is 0.255 e. The number of hydrogen-bond donors (Lipinski definition) is 2. The number of nitrogens with one attached hydrogen (secondary N) is 2. The van der Waals surface area contributed by atoms with Gasteiger partial charge in [-0.2, -0.15) is 0 Å². The van der Waals surface area contributed by atoms with Gasteiger partial charge in [0.2, 0.25) is 5.91 Å². The number of amides is 2. The number of fused-ring (bicyclic) bond motifs is 1. The topological polar surface area (TPSA) is 67.4 Å². The molecule has 158 valence electrons. The lowest BCUT2D eigenvalue weighted by atomic mass is 9.95. The second kappa shape index (κ2) is 9.31. The Labute approximate surface area is 187 Å². The number of hydrogen-bond acceptors (Lipinski definition) is 3. The molecule has 0 fully saturated rings. The van der Waals surface area contributed by atoms with Gasteiger partial charge < -0.3 is 15.4 Å². The standard InChI is InChI=1S/C24H20BrFN2O3/c25-19-7-5-15(6-8-19)24(30)28-20-9-10-22-17(12-20)11-18(14-31-22)23(29)27-13-16-3-1-2-4-21(16)26/h1-10,12,18H,11,13-14H2,(H,27,29)(H,28,30). The summed E-state index contributed by atoms with van der Waals surface area (Å²) in [5, 5.41) is 5.65. The Morgan fingerprint density at radius 1 is 1.06 bits per heavy atom. The minimum Gasteiger partial charge on any atom is -0.492 e. The Hall–Kier alpha value is -3.19. The molecular weight excluding hydrogens is 463 g/mol. The molecule has 3 aromatic carbocycles. The average molecular weight is 483 g/mol. The highest BCUT2D eigenvalue weighted by Gasteiger charge is 2.26. The van der Waals surface area contributed by atoms with E-state index in [1.807, 2.05) is 6.07 Å². The van der Waals surface area contributed by atoms with Gasteiger partial charge in [-0.25, -0.2) is 4.39 Å². The molecule has 7 heteroatoms. The maximum absolute atomic E-state index is 13.8. The molecule has 0 aromatic heterocycles. The first-order valence-corrected chi connectivity index (χ1v) is 10.6. The smallest absolute Gasteiger partial charge is 0.255 e. The molecule has 2 N–H and O–H groups in total. The molecule has 0 saturated carbocycles. The Bertz CT molecular complexity index is 1120. The number of halogens is 2. The highest BCUT2D eigenvalue weighted by Crippen LogP contribution is 2.30. The third-order valence-electron chi connectivity index (χ3n) is 5.11. The minimum atomic E-state index is -0.392. The van der Waals surface area contributed by atoms with Crippen molar-refractivity contribution in [3.05, 3.63) is 93.7 Å². The van der Waals surface area contributed by atoms with Gasteiger partial charge in [0.1, 0.15) is 18.2 Å². The van der Waals surface area contributed by atoms with Crippen LogP contribution in [0.5, 0.6) is 5.75 Å². The second-order valence-corrected chi connectivity index (χ2v) is 8.22. The molecule has 0 aliphatic carbocycles. The first-order chi connectivity index (χ1) is 15.0. The van der Waals surface area contributed by atoms with Gasteiger partial charge in [0, 0.05) is 27.8 Å². The van der Waals surface area contributed by atoms with Crippen molar-refractivity contribution in [1.82, 2.24) is 5.32 Å². The van der Waals surface area contributed by atoms with Crippen molar-refractivity contribution in [2.24, 2.45) is 5.92 Å². The van der Waals surface area contributed by atoms with Crippen molar-refractivity contribution in [2.45, 2.75) is 13.0 Å². The van der Waals surface area contributed by atoms with Crippen LogP contribution in [0.3, 0.4) is 0 Å². The largest absolute Gasteiger partial charge is 0.492 e. The molecule has 1 atom stereocenters. The Morgan fingerprint density at radius 3 is 2.61 bits per heavy atom. The summed E-state index contributed by atoms with van der Waals surface area (Å²) in [4.78, 5) is 25.0. The van der Waals surface area contributed by atoms with Crippen LogP contribution in [-0.2, 0) is 17.8 Å². The fourth-order valence-electron chi connectivity index (χ4n) is 3.41. The van der Waals surface area contributed by atoms with Gasteiger partial charge in [-0.05, 0) is 60.5 Å². The number of rotatable bonds is 5. The van der Waals surface area contributed by atoms with E-state index < -0.39 is 5.92 Å². The lowest BCUT2D eigenvalue weighted by Crippen LogP contribution is -2.37. The summed E-state index contributed by atoms with van der Waals surface area (Å²) in [5.41, 5.74) is 2.45. The molecule has 2 amide bonds. The van der Waals surface area contributed by atoms with Crippen LogP contribution in [0.15, 0.2) is 71.2 Å². The third kappa shape index (κ3) is 5.11. The number of anilines is 1. The van der Waals surface area contributed by atoms with Crippen LogP contribution in [0.25, 0.3) is 0 Å². The summed E-state index contributed by atoms with van der Waals surface area (Å²) >= 11 is 3.35. The molecule has 3 aromatic rings. The molecule has 5 nitrogen and oxygen atoms in total. The van der Waals surface area contributed by atoms with Crippen LogP contribution in [0.2, 0.25) is 0 Å². The molecule has 4 rings (SSSR count). The quantitative estimate of drug-likeness (QED) is 0.553. The van der Waals surface area contributed by atoms with Gasteiger partial charge in [-0.3, -0.25) is 9.59 Å². The zero-order valence-electron chi connectivity index (χ0n) is 16.5. The molecule has 1 aliphatic rings. The Kier molecular flexibility index (Phi) is 6.32. The summed E-state index contributed by atoms with van der Waals surface area (Å²) in [6.07, 6.45) is 0.473. The summed E-state index contributed by atoms with van der Waals surface area (Å²) in [7, 11) is 0. The van der Waals surface area contributed by atoms with Crippen LogP contribution in [-0.4, -0.2) is 18.4 Å². The highest BCUT2D eigenvalue weighted by atomic mass is 79.9. The predicted octanol–water partition coefficient (Wildman–Crippen LogP) is 4.71. The molecule has 1 unspecified atom stereocenters. The predicted molar refractivity (Wildman–Crippen MR) is 119 cm³/mol. The van der Waals surface area contributed by atoms with Gasteiger partial charge in [-0.1, -0.05) is 34.1 Å². The zero-order valence-corrected chi connectivity index (χ0v) is 18.1. The van der Waals surface area contributed by atoms with E-state index in [0.717, 1.165) is 10.0 Å². The monoisotopic (exact) mass is 482 g/mol. The van der Waals surface area contributed by atoms with E-state index in [9.17, 15) is 14.0 Å². The van der Waals surface area contributed by atoms with Crippen LogP contribution < -0.4 is 15.4 Å². The van der Waals surface area contributed by atoms with Crippen LogP contribution in [0, 0.1) is 11.7 Å². The summed E-state index contributed by atoms with van der Waals surface area (Å²) in [6.45, 7) is 0.374. The summed E-state index contributed by atoms with van der Waals surface area (Å²) in [6, 6.07) is 18.8. The molecular formula is C24H20BrFN2O3. The van der Waals surface area contributed by atoms with Crippen molar-refractivity contribution < 1.29 is 18.7 Å². The lowest BCUT2D eigenvalue weighted by molar-refractivity contribution is -0.126. The molecule has 1 heterocycles. The molecule has 0 bridgehead atoms. The van der Waals surface area contributed by atoms with E-state index in [2.05, 4.69) is 26.6 Å². The van der Waals surface area contributed by atoms with E-state index in [4.69, 9.17) is 4.74 Å². The van der Waals surface area contributed by atoms with Crippen LogP contribution >= 0.6 is 15.9 Å². The lowest BCUT2D eigenvalue weighted by Gasteiger charge is -2.25. The molecule has 0 radical (unpaired) electrons. The van der Waals surface area contributed by atoms with E-state index in [-0.39, 0.29) is 30.8 Å². The van der Waals surface area contributed by atoms with E-state index >= 15 is 0 Å². The summed E-state index contributed by atoms with van der Waals surface area (Å²) < 4.78 is 20.4. The van der Waals surface area contributed by atoms with Crippen molar-refractivity contribution in [3.8, 4) is 5.75 Å². The maximum atomic E-state index is 13.8. The Morgan fingerprint density at radius 2 is 1.84 bits per heavy atom. The zero-order chi connectivity index (χ0) is 21.8. The van der Waals surface area contributed by atoms with E-state index in [1.54, 1.807) is 54.6 Å². The van der Waals surface area contributed by atoms with Crippen molar-refractivity contribution in [3.63, 3.8) is 0 Å². The second-order valence-electron chi connectivity index (χ2n) is 7.30. The van der Waals surface area contributed by atoms with Crippen molar-refractivity contribution >= 4 is 33.4 Å². The molecule has 1 aliphatic heterocycles. The SMILES string of the molecule is O=C(Nc1ccc2c(c1)CC(C(=O)NCc1ccccc1F)CO2)c1ccc(Br)cc1. The Balaban J connectivity index is 1.40.